The number of carboxylic acids is 1. The van der Waals surface area contributed by atoms with Gasteiger partial charge in [0.2, 0.25) is 5.91 Å². The second-order valence-electron chi connectivity index (χ2n) is 9.24. The van der Waals surface area contributed by atoms with Crippen LogP contribution in [0.4, 0.5) is 0 Å². The van der Waals surface area contributed by atoms with Crippen LogP contribution in [-0.2, 0) is 24.5 Å². The lowest BCUT2D eigenvalue weighted by Gasteiger charge is -2.35. The van der Waals surface area contributed by atoms with E-state index < -0.39 is 29.4 Å². The average molecular weight is 474 g/mol. The Kier molecular flexibility index (Phi) is 10.5. The summed E-state index contributed by atoms with van der Waals surface area (Å²) in [6.45, 7) is 10.8. The molecule has 0 aliphatic carbocycles. The van der Waals surface area contributed by atoms with Crippen molar-refractivity contribution in [2.45, 2.75) is 59.0 Å². The van der Waals surface area contributed by atoms with Crippen LogP contribution in [0.5, 0.6) is 0 Å². The van der Waals surface area contributed by atoms with Gasteiger partial charge in [-0.2, -0.15) is 0 Å². The van der Waals surface area contributed by atoms with Crippen molar-refractivity contribution in [3.63, 3.8) is 0 Å². The highest BCUT2D eigenvalue weighted by Gasteiger charge is 2.37. The van der Waals surface area contributed by atoms with Crippen molar-refractivity contribution in [1.29, 1.82) is 0 Å². The molecule has 0 saturated carbocycles. The Morgan fingerprint density at radius 3 is 2.12 bits per heavy atom. The molecule has 0 spiro atoms. The number of nitrogens with zero attached hydrogens (tertiary/aromatic N) is 1. The van der Waals surface area contributed by atoms with Crippen LogP contribution >= 0.6 is 0 Å². The molecule has 0 saturated heterocycles. The standard InChI is InChI=1S/C26H39N3O5/c1-16(2)20(15-17(3)25(32)33)29(8)24(31)21(18(4)34-9)28-23(30)22(27-7)26(5,6)19-13-11-10-12-14-19/h10-16,20,22,27H,1-9H3,(H,28,30)(H,32,33)/b17-15+,21-18+/t20-,22-/m1/s1. The number of hydrogen-bond acceptors (Lipinski definition) is 5. The molecule has 1 aromatic rings. The van der Waals surface area contributed by atoms with E-state index in [-0.39, 0.29) is 28.9 Å². The molecule has 2 amide bonds. The second-order valence-corrected chi connectivity index (χ2v) is 9.24. The molecule has 8 nitrogen and oxygen atoms in total. The van der Waals surface area contributed by atoms with Gasteiger partial charge in [-0.25, -0.2) is 4.79 Å². The van der Waals surface area contributed by atoms with Crippen LogP contribution in [-0.4, -0.2) is 61.1 Å². The van der Waals surface area contributed by atoms with Gasteiger partial charge in [0.05, 0.1) is 19.2 Å². The summed E-state index contributed by atoms with van der Waals surface area (Å²) in [5.41, 5.74) is 0.529. The Morgan fingerprint density at radius 2 is 1.68 bits per heavy atom. The number of carbonyl (C=O) groups excluding carboxylic acids is 2. The summed E-state index contributed by atoms with van der Waals surface area (Å²) in [5.74, 6) is -1.73. The summed E-state index contributed by atoms with van der Waals surface area (Å²) in [6.07, 6.45) is 1.54. The highest BCUT2D eigenvalue weighted by Crippen LogP contribution is 2.27. The van der Waals surface area contributed by atoms with Crippen molar-refractivity contribution in [3.05, 3.63) is 59.0 Å². The summed E-state index contributed by atoms with van der Waals surface area (Å²) < 4.78 is 5.32. The summed E-state index contributed by atoms with van der Waals surface area (Å²) in [5, 5.41) is 15.1. The summed E-state index contributed by atoms with van der Waals surface area (Å²) >= 11 is 0. The average Bonchev–Trinajstić information content (AvgIpc) is 2.79. The first-order chi connectivity index (χ1) is 15.8. The topological polar surface area (TPSA) is 108 Å². The van der Waals surface area contributed by atoms with Gasteiger partial charge in [-0.05, 0) is 32.4 Å². The number of hydrogen-bond donors (Lipinski definition) is 3. The van der Waals surface area contributed by atoms with E-state index in [2.05, 4.69) is 10.6 Å². The van der Waals surface area contributed by atoms with E-state index in [1.54, 1.807) is 27.1 Å². The molecule has 2 atom stereocenters. The molecule has 0 aromatic heterocycles. The van der Waals surface area contributed by atoms with Crippen molar-refractivity contribution in [3.8, 4) is 0 Å². The number of carbonyl (C=O) groups is 3. The number of ether oxygens (including phenoxy) is 1. The van der Waals surface area contributed by atoms with Crippen LogP contribution in [0.2, 0.25) is 0 Å². The number of rotatable bonds is 11. The minimum Gasteiger partial charge on any atom is -0.499 e. The Bertz CT molecular complexity index is 935. The predicted octanol–water partition coefficient (Wildman–Crippen LogP) is 3.06. The first-order valence-corrected chi connectivity index (χ1v) is 11.3. The predicted molar refractivity (Wildman–Crippen MR) is 133 cm³/mol. The fraction of sp³-hybridized carbons (Fsp3) is 0.500. The fourth-order valence-electron chi connectivity index (χ4n) is 3.83. The molecule has 3 N–H and O–H groups in total. The van der Waals surface area contributed by atoms with Gasteiger partial charge in [-0.1, -0.05) is 64.1 Å². The lowest BCUT2D eigenvalue weighted by atomic mass is 9.77. The molecule has 0 fully saturated rings. The minimum absolute atomic E-state index is 0.00568. The molecular formula is C26H39N3O5. The Balaban J connectivity index is 3.32. The number of aliphatic carboxylic acids is 1. The van der Waals surface area contributed by atoms with Crippen LogP contribution in [0.15, 0.2) is 53.4 Å². The number of likely N-dealkylation sites (N-methyl/N-ethyl adjacent to an activating group) is 2. The van der Waals surface area contributed by atoms with E-state index in [9.17, 15) is 19.5 Å². The van der Waals surface area contributed by atoms with Crippen molar-refractivity contribution in [2.24, 2.45) is 5.92 Å². The molecule has 1 rings (SSSR count). The Morgan fingerprint density at radius 1 is 1.12 bits per heavy atom. The highest BCUT2D eigenvalue weighted by molar-refractivity contribution is 5.99. The van der Waals surface area contributed by atoms with Crippen LogP contribution in [0.3, 0.4) is 0 Å². The van der Waals surface area contributed by atoms with Crippen LogP contribution < -0.4 is 10.6 Å². The van der Waals surface area contributed by atoms with E-state index in [4.69, 9.17) is 4.74 Å². The van der Waals surface area contributed by atoms with E-state index in [1.165, 1.54) is 18.9 Å². The molecule has 1 aromatic carbocycles. The highest BCUT2D eigenvalue weighted by atomic mass is 16.5. The maximum Gasteiger partial charge on any atom is 0.331 e. The third kappa shape index (κ3) is 6.93. The van der Waals surface area contributed by atoms with Gasteiger partial charge in [0.15, 0.2) is 0 Å². The lowest BCUT2D eigenvalue weighted by molar-refractivity contribution is -0.133. The van der Waals surface area contributed by atoms with E-state index in [1.807, 2.05) is 58.0 Å². The van der Waals surface area contributed by atoms with E-state index >= 15 is 0 Å². The van der Waals surface area contributed by atoms with Crippen molar-refractivity contribution >= 4 is 17.8 Å². The maximum absolute atomic E-state index is 13.5. The molecule has 34 heavy (non-hydrogen) atoms. The Labute approximate surface area is 203 Å². The monoisotopic (exact) mass is 473 g/mol. The maximum atomic E-state index is 13.5. The van der Waals surface area contributed by atoms with Gasteiger partial charge in [0.1, 0.15) is 11.5 Å². The number of benzene rings is 1. The number of allylic oxidation sites excluding steroid dienone is 1. The first kappa shape index (κ1) is 28.9. The zero-order valence-electron chi connectivity index (χ0n) is 21.7. The SMILES string of the molecule is CN[C@H](C(=O)N/C(C(=O)N(C)[C@H](/C=C(\C)C(=O)O)C(C)C)=C(\C)OC)C(C)(C)c1ccccc1. The molecule has 0 bridgehead atoms. The third-order valence-electron chi connectivity index (χ3n) is 6.12. The van der Waals surface area contributed by atoms with Crippen molar-refractivity contribution in [2.75, 3.05) is 21.2 Å². The molecule has 0 heterocycles. The normalized spacial score (nSPS) is 14.7. The van der Waals surface area contributed by atoms with Crippen LogP contribution in [0.25, 0.3) is 0 Å². The molecule has 0 radical (unpaired) electrons. The number of methoxy groups -OCH3 is 1. The van der Waals surface area contributed by atoms with E-state index in [0.29, 0.717) is 0 Å². The summed E-state index contributed by atoms with van der Waals surface area (Å²) in [4.78, 5) is 39.6. The number of nitrogens with one attached hydrogen (secondary N) is 2. The van der Waals surface area contributed by atoms with Crippen molar-refractivity contribution in [1.82, 2.24) is 15.5 Å². The number of carboxylic acid groups (broad SMARTS) is 1. The Hall–Kier alpha value is -3.13. The van der Waals surface area contributed by atoms with Gasteiger partial charge < -0.3 is 25.4 Å². The quantitative estimate of drug-likeness (QED) is 0.337. The fourth-order valence-corrected chi connectivity index (χ4v) is 3.83. The molecule has 0 aliphatic rings. The zero-order chi connectivity index (χ0) is 26.2. The third-order valence-corrected chi connectivity index (χ3v) is 6.12. The molecular weight excluding hydrogens is 434 g/mol. The minimum atomic E-state index is -1.05. The van der Waals surface area contributed by atoms with Gasteiger partial charge in [0.25, 0.3) is 5.91 Å². The molecule has 188 valence electrons. The van der Waals surface area contributed by atoms with Crippen LogP contribution in [0.1, 0.15) is 47.1 Å². The van der Waals surface area contributed by atoms with Gasteiger partial charge >= 0.3 is 5.97 Å². The smallest absolute Gasteiger partial charge is 0.331 e. The van der Waals surface area contributed by atoms with Crippen LogP contribution in [0, 0.1) is 5.92 Å². The van der Waals surface area contributed by atoms with Gasteiger partial charge in [-0.3, -0.25) is 9.59 Å². The summed E-state index contributed by atoms with van der Waals surface area (Å²) in [6, 6.07) is 8.51. The molecule has 0 unspecified atom stereocenters. The van der Waals surface area contributed by atoms with Gasteiger partial charge in [-0.15, -0.1) is 0 Å². The molecule has 8 heteroatoms. The first-order valence-electron chi connectivity index (χ1n) is 11.3. The summed E-state index contributed by atoms with van der Waals surface area (Å²) in [7, 11) is 4.70. The van der Waals surface area contributed by atoms with Crippen molar-refractivity contribution < 1.29 is 24.2 Å². The molecule has 0 aliphatic heterocycles. The largest absolute Gasteiger partial charge is 0.499 e. The zero-order valence-corrected chi connectivity index (χ0v) is 21.7. The number of amides is 2. The van der Waals surface area contributed by atoms with E-state index in [0.717, 1.165) is 5.56 Å². The lowest BCUT2D eigenvalue weighted by Crippen LogP contribution is -2.54. The van der Waals surface area contributed by atoms with Gasteiger partial charge in [0, 0.05) is 18.0 Å². The second kappa shape index (κ2) is 12.4.